The highest BCUT2D eigenvalue weighted by molar-refractivity contribution is 7.99. The second kappa shape index (κ2) is 27.3. The van der Waals surface area contributed by atoms with Crippen LogP contribution in [0.4, 0.5) is 9.59 Å². The summed E-state index contributed by atoms with van der Waals surface area (Å²) >= 11 is 2.70. The van der Waals surface area contributed by atoms with Crippen LogP contribution >= 0.6 is 23.5 Å². The van der Waals surface area contributed by atoms with E-state index in [0.29, 0.717) is 56.3 Å². The Balaban J connectivity index is 0.000000267. The van der Waals surface area contributed by atoms with Crippen molar-refractivity contribution in [3.8, 4) is 0 Å². The van der Waals surface area contributed by atoms with Crippen molar-refractivity contribution in [3.63, 3.8) is 0 Å². The van der Waals surface area contributed by atoms with Crippen molar-refractivity contribution >= 4 is 71.4 Å². The molecule has 0 spiro atoms. The summed E-state index contributed by atoms with van der Waals surface area (Å²) in [6.45, 7) is 15.7. The largest absolute Gasteiger partial charge is 0.458 e. The molecule has 14 heteroatoms. The van der Waals surface area contributed by atoms with Gasteiger partial charge < -0.3 is 29.6 Å². The molecule has 6 aromatic carbocycles. The molecule has 2 amide bonds. The van der Waals surface area contributed by atoms with Crippen LogP contribution in [-0.2, 0) is 18.9 Å². The van der Waals surface area contributed by atoms with Gasteiger partial charge in [-0.3, -0.25) is 9.59 Å². The van der Waals surface area contributed by atoms with Crippen molar-refractivity contribution in [1.82, 2.24) is 10.6 Å². The second-order valence-corrected chi connectivity index (χ2v) is 17.2. The Kier molecular flexibility index (Phi) is 20.8. The van der Waals surface area contributed by atoms with E-state index in [4.69, 9.17) is 18.9 Å². The Morgan fingerprint density at radius 2 is 0.971 bits per heavy atom. The zero-order valence-corrected chi connectivity index (χ0v) is 41.0. The molecule has 70 heavy (non-hydrogen) atoms. The number of amides is 2. The molecule has 7 rings (SSSR count). The molecule has 2 N–H and O–H groups in total. The number of hydrogen-bond acceptors (Lipinski definition) is 12. The van der Waals surface area contributed by atoms with Gasteiger partial charge in [0.05, 0.1) is 11.1 Å². The summed E-state index contributed by atoms with van der Waals surface area (Å²) in [5, 5.41) is 4.97. The van der Waals surface area contributed by atoms with Gasteiger partial charge in [0.2, 0.25) is 0 Å². The van der Waals surface area contributed by atoms with E-state index >= 15 is 0 Å². The maximum absolute atomic E-state index is 13.9. The fraction of sp³-hybridized carbons (Fsp3) is 0.179. The standard InChI is InChI=1S/C33H27NO6S2.C14H17NO4.C9H10/c1-3-34-33(38)40-19-18-39-32(37)21-11-5-7-15-25(21)42-27-17-9-13-23-29(27)31(36)22-12-8-16-26(28(22)30(23)35)41-24-14-6-4-10-20(24)2;1-3-11-6-5-7-12(10-11)13(16)18-8-9-19-14(17)15-4-2;1-3-9-6-4-5-8(2)7-9/h4-17H,3,18-19H2,1-2H3,(H,34,38);3,5-7,10H,1,4,8-9H2,2H3,(H,15,17);3-7H,1H2,2H3. The summed E-state index contributed by atoms with van der Waals surface area (Å²) in [6, 6.07) is 40.5. The molecule has 0 atom stereocenters. The van der Waals surface area contributed by atoms with Gasteiger partial charge in [-0.2, -0.15) is 0 Å². The van der Waals surface area contributed by atoms with Crippen LogP contribution in [0.2, 0.25) is 0 Å². The van der Waals surface area contributed by atoms with Crippen molar-refractivity contribution in [2.24, 2.45) is 0 Å². The Hall–Kier alpha value is -7.68. The first-order chi connectivity index (χ1) is 33.9. The highest BCUT2D eigenvalue weighted by atomic mass is 32.2. The van der Waals surface area contributed by atoms with E-state index in [0.717, 1.165) is 20.9 Å². The number of hydrogen-bond donors (Lipinski definition) is 2. The number of esters is 2. The maximum Gasteiger partial charge on any atom is 0.407 e. The topological polar surface area (TPSA) is 163 Å². The smallest absolute Gasteiger partial charge is 0.407 e. The van der Waals surface area contributed by atoms with Crippen LogP contribution in [0.25, 0.3) is 12.2 Å². The van der Waals surface area contributed by atoms with Gasteiger partial charge >= 0.3 is 24.1 Å². The minimum atomic E-state index is -0.590. The lowest BCUT2D eigenvalue weighted by atomic mass is 9.84. The molecule has 360 valence electrons. The third-order valence-electron chi connectivity index (χ3n) is 10.0. The first-order valence-electron chi connectivity index (χ1n) is 22.3. The average molecular weight is 979 g/mol. The summed E-state index contributed by atoms with van der Waals surface area (Å²) in [6.07, 6.45) is 2.40. The van der Waals surface area contributed by atoms with Crippen LogP contribution in [0.5, 0.6) is 0 Å². The Morgan fingerprint density at radius 3 is 1.50 bits per heavy atom. The Labute approximate surface area is 416 Å². The number of carbonyl (C=O) groups is 6. The maximum atomic E-state index is 13.9. The van der Waals surface area contributed by atoms with Gasteiger partial charge in [-0.1, -0.05) is 145 Å². The summed E-state index contributed by atoms with van der Waals surface area (Å²) in [5.41, 5.74) is 6.55. The van der Waals surface area contributed by atoms with Crippen LogP contribution in [0.15, 0.2) is 166 Å². The van der Waals surface area contributed by atoms with E-state index in [1.807, 2.05) is 61.5 Å². The van der Waals surface area contributed by atoms with E-state index in [-0.39, 0.29) is 38.0 Å². The number of fused-ring (bicyclic) bond motifs is 2. The quantitative estimate of drug-likeness (QED) is 0.0536. The molecule has 0 aliphatic heterocycles. The number of aryl methyl sites for hydroxylation is 2. The number of ketones is 2. The summed E-state index contributed by atoms with van der Waals surface area (Å²) in [7, 11) is 0. The van der Waals surface area contributed by atoms with E-state index in [1.54, 1.807) is 92.7 Å². The molecular weight excluding hydrogens is 925 g/mol. The van der Waals surface area contributed by atoms with Gasteiger partial charge in [0.1, 0.15) is 26.4 Å². The average Bonchev–Trinajstić information content (AvgIpc) is 3.37. The molecule has 0 bridgehead atoms. The van der Waals surface area contributed by atoms with Crippen molar-refractivity contribution in [2.75, 3.05) is 39.5 Å². The highest BCUT2D eigenvalue weighted by Gasteiger charge is 2.34. The lowest BCUT2D eigenvalue weighted by Crippen LogP contribution is -2.25. The number of carbonyl (C=O) groups excluding carboxylic acids is 6. The minimum absolute atomic E-state index is 0.0221. The molecule has 1 aliphatic rings. The number of benzene rings is 6. The number of rotatable bonds is 16. The van der Waals surface area contributed by atoms with Gasteiger partial charge in [0, 0.05) is 54.9 Å². The molecule has 12 nitrogen and oxygen atoms in total. The molecule has 0 radical (unpaired) electrons. The van der Waals surface area contributed by atoms with E-state index in [1.165, 1.54) is 34.7 Å². The molecule has 6 aromatic rings. The fourth-order valence-electron chi connectivity index (χ4n) is 6.66. The van der Waals surface area contributed by atoms with Crippen LogP contribution in [-0.4, -0.2) is 75.2 Å². The number of nitrogens with one attached hydrogen (secondary N) is 2. The highest BCUT2D eigenvalue weighted by Crippen LogP contribution is 2.42. The van der Waals surface area contributed by atoms with Crippen molar-refractivity contribution in [3.05, 3.63) is 202 Å². The molecular formula is C56H54N2O10S2. The normalized spacial score (nSPS) is 10.9. The third-order valence-corrected chi connectivity index (χ3v) is 12.4. The molecule has 0 aromatic heterocycles. The van der Waals surface area contributed by atoms with Crippen molar-refractivity contribution < 1.29 is 47.7 Å². The van der Waals surface area contributed by atoms with Crippen LogP contribution < -0.4 is 10.6 Å². The second-order valence-electron chi connectivity index (χ2n) is 15.0. The zero-order valence-electron chi connectivity index (χ0n) is 39.4. The molecule has 0 fully saturated rings. The molecule has 0 heterocycles. The number of ether oxygens (including phenoxy) is 4. The minimum Gasteiger partial charge on any atom is -0.458 e. The predicted molar refractivity (Wildman–Crippen MR) is 274 cm³/mol. The molecule has 0 saturated carbocycles. The monoisotopic (exact) mass is 978 g/mol. The van der Waals surface area contributed by atoms with E-state index < -0.39 is 24.1 Å². The van der Waals surface area contributed by atoms with Gasteiger partial charge in [-0.25, -0.2) is 19.2 Å². The Bertz CT molecular complexity index is 2860. The lowest BCUT2D eigenvalue weighted by molar-refractivity contribution is 0.0395. The van der Waals surface area contributed by atoms with Gasteiger partial charge in [0.15, 0.2) is 11.6 Å². The first-order valence-corrected chi connectivity index (χ1v) is 23.9. The van der Waals surface area contributed by atoms with Crippen LogP contribution in [0.3, 0.4) is 0 Å². The first kappa shape index (κ1) is 53.3. The zero-order chi connectivity index (χ0) is 50.4. The molecule has 1 aliphatic carbocycles. The summed E-state index contributed by atoms with van der Waals surface area (Å²) in [5.74, 6) is -1.49. The van der Waals surface area contributed by atoms with E-state index in [9.17, 15) is 28.8 Å². The molecule has 0 unspecified atom stereocenters. The van der Waals surface area contributed by atoms with Gasteiger partial charge in [-0.15, -0.1) is 0 Å². The Morgan fingerprint density at radius 1 is 0.514 bits per heavy atom. The van der Waals surface area contributed by atoms with Gasteiger partial charge in [0.25, 0.3) is 0 Å². The molecule has 0 saturated heterocycles. The third kappa shape index (κ3) is 15.2. The van der Waals surface area contributed by atoms with Crippen LogP contribution in [0.1, 0.15) is 88.7 Å². The fourth-order valence-corrected chi connectivity index (χ4v) is 8.82. The van der Waals surface area contributed by atoms with Gasteiger partial charge in [-0.05, 0) is 86.8 Å². The van der Waals surface area contributed by atoms with E-state index in [2.05, 4.69) is 42.8 Å². The summed E-state index contributed by atoms with van der Waals surface area (Å²) < 4.78 is 20.0. The number of alkyl carbamates (subject to hydrolysis) is 2. The predicted octanol–water partition coefficient (Wildman–Crippen LogP) is 11.8. The van der Waals surface area contributed by atoms with Crippen molar-refractivity contribution in [1.29, 1.82) is 0 Å². The van der Waals surface area contributed by atoms with Crippen LogP contribution in [0, 0.1) is 13.8 Å². The van der Waals surface area contributed by atoms with Crippen molar-refractivity contribution in [2.45, 2.75) is 47.3 Å². The lowest BCUT2D eigenvalue weighted by Gasteiger charge is -2.22. The summed E-state index contributed by atoms with van der Waals surface area (Å²) in [4.78, 5) is 77.6. The SMILES string of the molecule is C=Cc1cccc(C(=O)OCCOC(=O)NCC)c1.C=Cc1cccc(C)c1.CCNC(=O)OCCOC(=O)c1ccccc1Sc1cccc2c1C(=O)c1cccc(Sc3ccccc3C)c1C2=O.